The first kappa shape index (κ1) is 23.7. The predicted molar refractivity (Wildman–Crippen MR) is 134 cm³/mol. The van der Waals surface area contributed by atoms with Gasteiger partial charge in [0.25, 0.3) is 5.91 Å². The number of piperazine rings is 1. The molecule has 1 saturated carbocycles. The first-order chi connectivity index (χ1) is 17.1. The number of hydrogen-bond acceptors (Lipinski definition) is 4. The van der Waals surface area contributed by atoms with Gasteiger partial charge in [0.05, 0.1) is 19.8 Å². The Morgan fingerprint density at radius 1 is 0.943 bits per heavy atom. The number of hydrogen-bond donors (Lipinski definition) is 0. The highest BCUT2D eigenvalue weighted by Gasteiger charge is 2.46. The number of carbonyl (C=O) groups is 2. The summed E-state index contributed by atoms with van der Waals surface area (Å²) in [5.74, 6) is 1.30. The van der Waals surface area contributed by atoms with Crippen molar-refractivity contribution < 1.29 is 19.1 Å². The molecule has 1 heterocycles. The fourth-order valence-electron chi connectivity index (χ4n) is 6.23. The molecule has 2 aromatic rings. The first-order valence-electron chi connectivity index (χ1n) is 13.1. The van der Waals surface area contributed by atoms with Crippen LogP contribution in [0.15, 0.2) is 42.5 Å². The van der Waals surface area contributed by atoms with Gasteiger partial charge in [-0.3, -0.25) is 9.59 Å². The van der Waals surface area contributed by atoms with Crippen molar-refractivity contribution in [2.24, 2.45) is 0 Å². The van der Waals surface area contributed by atoms with Crippen LogP contribution in [-0.2, 0) is 16.0 Å². The lowest BCUT2D eigenvalue weighted by molar-refractivity contribution is -0.162. The third-order valence-electron chi connectivity index (χ3n) is 7.88. The zero-order valence-electron chi connectivity index (χ0n) is 20.9. The predicted octanol–water partition coefficient (Wildman–Crippen LogP) is 5.22. The van der Waals surface area contributed by atoms with E-state index in [1.807, 2.05) is 41.0 Å². The Labute approximate surface area is 208 Å². The lowest BCUT2D eigenvalue weighted by atomic mass is 9.84. The lowest BCUT2D eigenvalue weighted by Gasteiger charge is -2.48. The minimum atomic E-state index is -0.668. The molecular formula is C29H36N2O4. The van der Waals surface area contributed by atoms with Crippen molar-refractivity contribution in [3.05, 3.63) is 59.2 Å². The van der Waals surface area contributed by atoms with Gasteiger partial charge in [-0.2, -0.15) is 0 Å². The van der Waals surface area contributed by atoms with Gasteiger partial charge in [0.1, 0.15) is 12.6 Å². The molecule has 1 aliphatic heterocycles. The second-order valence-corrected chi connectivity index (χ2v) is 9.91. The van der Waals surface area contributed by atoms with E-state index in [1.54, 1.807) is 7.11 Å². The van der Waals surface area contributed by atoms with Crippen molar-refractivity contribution in [3.63, 3.8) is 0 Å². The summed E-state index contributed by atoms with van der Waals surface area (Å²) in [6.45, 7) is 2.63. The van der Waals surface area contributed by atoms with Gasteiger partial charge in [0.15, 0.2) is 11.5 Å². The molecule has 2 unspecified atom stereocenters. The van der Waals surface area contributed by atoms with Crippen LogP contribution in [0.2, 0.25) is 0 Å². The minimum absolute atomic E-state index is 0.0331. The summed E-state index contributed by atoms with van der Waals surface area (Å²) >= 11 is 0. The molecule has 0 aromatic heterocycles. The monoisotopic (exact) mass is 476 g/mol. The standard InChI is InChI=1S/C29H36N2O4/c1-3-35-25-17-16-21(18-26(25)34-2)28-29(33)30(22-12-5-4-6-13-22)19-27(32)31(28)24-15-9-11-20-10-7-8-14-23(20)24/h7-8,10,14,16-18,22,24,28H,3-6,9,11-13,15,19H2,1-2H3. The van der Waals surface area contributed by atoms with Crippen molar-refractivity contribution in [1.29, 1.82) is 0 Å². The van der Waals surface area contributed by atoms with Crippen molar-refractivity contribution in [2.75, 3.05) is 20.3 Å². The second-order valence-electron chi connectivity index (χ2n) is 9.91. The summed E-state index contributed by atoms with van der Waals surface area (Å²) < 4.78 is 11.3. The molecule has 0 spiro atoms. The minimum Gasteiger partial charge on any atom is -0.493 e. The van der Waals surface area contributed by atoms with E-state index >= 15 is 0 Å². The zero-order valence-corrected chi connectivity index (χ0v) is 20.9. The molecule has 2 aromatic carbocycles. The van der Waals surface area contributed by atoms with Gasteiger partial charge in [0, 0.05) is 6.04 Å². The van der Waals surface area contributed by atoms with Crippen molar-refractivity contribution >= 4 is 11.8 Å². The van der Waals surface area contributed by atoms with E-state index in [0.29, 0.717) is 18.1 Å². The first-order valence-corrected chi connectivity index (χ1v) is 13.1. The Hall–Kier alpha value is -3.02. The van der Waals surface area contributed by atoms with E-state index in [2.05, 4.69) is 18.2 Å². The van der Waals surface area contributed by atoms with Crippen LogP contribution >= 0.6 is 0 Å². The summed E-state index contributed by atoms with van der Waals surface area (Å²) in [5, 5.41) is 0. The molecule has 1 saturated heterocycles. The molecule has 35 heavy (non-hydrogen) atoms. The maximum absolute atomic E-state index is 14.2. The summed E-state index contributed by atoms with van der Waals surface area (Å²) in [7, 11) is 1.61. The molecule has 2 fully saturated rings. The van der Waals surface area contributed by atoms with Crippen LogP contribution in [0, 0.1) is 0 Å². The fourth-order valence-corrected chi connectivity index (χ4v) is 6.23. The number of carbonyl (C=O) groups excluding carboxylic acids is 2. The lowest BCUT2D eigenvalue weighted by Crippen LogP contribution is -2.59. The number of aryl methyl sites for hydroxylation is 1. The number of amides is 2. The van der Waals surface area contributed by atoms with Gasteiger partial charge in [-0.15, -0.1) is 0 Å². The van der Waals surface area contributed by atoms with Crippen molar-refractivity contribution in [1.82, 2.24) is 9.80 Å². The Morgan fingerprint density at radius 2 is 1.74 bits per heavy atom. The van der Waals surface area contributed by atoms with E-state index in [4.69, 9.17) is 9.47 Å². The van der Waals surface area contributed by atoms with Gasteiger partial charge in [0.2, 0.25) is 5.91 Å². The van der Waals surface area contributed by atoms with Gasteiger partial charge < -0.3 is 19.3 Å². The third-order valence-corrected chi connectivity index (χ3v) is 7.88. The molecule has 0 radical (unpaired) electrons. The molecule has 6 heteroatoms. The Morgan fingerprint density at radius 3 is 2.51 bits per heavy atom. The average molecular weight is 477 g/mol. The highest BCUT2D eigenvalue weighted by Crippen LogP contribution is 2.43. The summed E-state index contributed by atoms with van der Waals surface area (Å²) in [6, 6.07) is 13.4. The molecule has 0 N–H and O–H groups in total. The van der Waals surface area contributed by atoms with Crippen molar-refractivity contribution in [3.8, 4) is 11.5 Å². The Balaban J connectivity index is 1.58. The largest absolute Gasteiger partial charge is 0.493 e. The highest BCUT2D eigenvalue weighted by molar-refractivity contribution is 5.96. The van der Waals surface area contributed by atoms with E-state index in [9.17, 15) is 9.59 Å². The van der Waals surface area contributed by atoms with Gasteiger partial charge in [-0.1, -0.05) is 49.6 Å². The van der Waals surface area contributed by atoms with Crippen LogP contribution < -0.4 is 9.47 Å². The number of methoxy groups -OCH3 is 1. The van der Waals surface area contributed by atoms with E-state index < -0.39 is 6.04 Å². The van der Waals surface area contributed by atoms with Crippen LogP contribution in [0.3, 0.4) is 0 Å². The second kappa shape index (κ2) is 10.3. The molecule has 2 atom stereocenters. The zero-order chi connectivity index (χ0) is 24.4. The van der Waals surface area contributed by atoms with E-state index in [-0.39, 0.29) is 30.4 Å². The molecular weight excluding hydrogens is 440 g/mol. The maximum Gasteiger partial charge on any atom is 0.250 e. The van der Waals surface area contributed by atoms with Crippen LogP contribution in [0.1, 0.15) is 80.6 Å². The topological polar surface area (TPSA) is 59.1 Å². The molecule has 6 nitrogen and oxygen atoms in total. The SMILES string of the molecule is CCOc1ccc(C2C(=O)N(C3CCCCC3)CC(=O)N2C2CCCc3ccccc32)cc1OC. The third kappa shape index (κ3) is 4.51. The molecule has 0 bridgehead atoms. The van der Waals surface area contributed by atoms with Crippen LogP contribution in [-0.4, -0.2) is 47.9 Å². The normalized spacial score (nSPS) is 23.3. The molecule has 186 valence electrons. The Kier molecular flexibility index (Phi) is 6.98. The van der Waals surface area contributed by atoms with Gasteiger partial charge in [-0.05, 0) is 67.9 Å². The quantitative estimate of drug-likeness (QED) is 0.574. The van der Waals surface area contributed by atoms with Crippen LogP contribution in [0.5, 0.6) is 11.5 Å². The van der Waals surface area contributed by atoms with Crippen LogP contribution in [0.25, 0.3) is 0 Å². The van der Waals surface area contributed by atoms with E-state index in [0.717, 1.165) is 50.5 Å². The smallest absolute Gasteiger partial charge is 0.250 e. The van der Waals surface area contributed by atoms with Crippen LogP contribution in [0.4, 0.5) is 0 Å². The maximum atomic E-state index is 14.2. The molecule has 5 rings (SSSR count). The number of ether oxygens (including phenoxy) is 2. The number of benzene rings is 2. The molecule has 2 amide bonds. The number of rotatable bonds is 6. The number of fused-ring (bicyclic) bond motifs is 1. The van der Waals surface area contributed by atoms with E-state index in [1.165, 1.54) is 17.5 Å². The summed E-state index contributed by atoms with van der Waals surface area (Å²) in [4.78, 5) is 31.9. The van der Waals surface area contributed by atoms with Gasteiger partial charge in [-0.25, -0.2) is 0 Å². The van der Waals surface area contributed by atoms with Gasteiger partial charge >= 0.3 is 0 Å². The molecule has 2 aliphatic carbocycles. The number of nitrogens with zero attached hydrogens (tertiary/aromatic N) is 2. The van der Waals surface area contributed by atoms with Crippen molar-refractivity contribution in [2.45, 2.75) is 76.4 Å². The average Bonchev–Trinajstić information content (AvgIpc) is 2.90. The molecule has 3 aliphatic rings. The Bertz CT molecular complexity index is 1080. The highest BCUT2D eigenvalue weighted by atomic mass is 16.5. The fraction of sp³-hybridized carbons (Fsp3) is 0.517. The summed E-state index contributed by atoms with van der Waals surface area (Å²) in [6.07, 6.45) is 8.27. The summed E-state index contributed by atoms with van der Waals surface area (Å²) in [5.41, 5.74) is 3.24.